The number of para-hydroxylation sites is 1. The van der Waals surface area contributed by atoms with Crippen molar-refractivity contribution in [2.45, 2.75) is 19.9 Å². The van der Waals surface area contributed by atoms with Gasteiger partial charge in [0.1, 0.15) is 11.6 Å². The molecule has 1 atom stereocenters. The summed E-state index contributed by atoms with van der Waals surface area (Å²) in [4.78, 5) is 17.8. The highest BCUT2D eigenvalue weighted by Crippen LogP contribution is 2.20. The number of nitrogens with zero attached hydrogens (tertiary/aromatic N) is 2. The first kappa shape index (κ1) is 16.2. The molecule has 0 aliphatic heterocycles. The Labute approximate surface area is 140 Å². The van der Waals surface area contributed by atoms with Gasteiger partial charge in [-0.3, -0.25) is 9.36 Å². The topological polar surface area (TPSA) is 56.1 Å². The molecule has 24 heavy (non-hydrogen) atoms. The van der Waals surface area contributed by atoms with Gasteiger partial charge < -0.3 is 10.1 Å². The van der Waals surface area contributed by atoms with Crippen LogP contribution in [0.25, 0.3) is 16.6 Å². The fourth-order valence-corrected chi connectivity index (χ4v) is 2.68. The third-order valence-corrected chi connectivity index (χ3v) is 4.03. The summed E-state index contributed by atoms with van der Waals surface area (Å²) in [6.07, 6.45) is 0. The molecule has 0 spiro atoms. The van der Waals surface area contributed by atoms with Crippen LogP contribution in [0.2, 0.25) is 0 Å². The van der Waals surface area contributed by atoms with Crippen LogP contribution in [0.1, 0.15) is 25.7 Å². The monoisotopic (exact) mass is 323 g/mol. The molecular weight excluding hydrogens is 302 g/mol. The van der Waals surface area contributed by atoms with E-state index in [1.807, 2.05) is 69.4 Å². The minimum atomic E-state index is -0.0677. The van der Waals surface area contributed by atoms with Gasteiger partial charge in [-0.05, 0) is 57.3 Å². The first-order chi connectivity index (χ1) is 11.7. The van der Waals surface area contributed by atoms with Gasteiger partial charge in [0.15, 0.2) is 0 Å². The lowest BCUT2D eigenvalue weighted by atomic mass is 10.2. The summed E-state index contributed by atoms with van der Waals surface area (Å²) < 4.78 is 7.15. The van der Waals surface area contributed by atoms with E-state index in [4.69, 9.17) is 9.72 Å². The van der Waals surface area contributed by atoms with Gasteiger partial charge in [-0.25, -0.2) is 4.98 Å². The molecule has 5 heteroatoms. The Balaban J connectivity index is 2.24. The average Bonchev–Trinajstić information content (AvgIpc) is 2.62. The second-order valence-electron chi connectivity index (χ2n) is 5.56. The number of nitrogens with one attached hydrogen (secondary N) is 1. The van der Waals surface area contributed by atoms with Crippen LogP contribution in [0.4, 0.5) is 0 Å². The van der Waals surface area contributed by atoms with Crippen molar-refractivity contribution in [3.8, 4) is 11.4 Å². The average molecular weight is 323 g/mol. The zero-order valence-electron chi connectivity index (χ0n) is 14.1. The molecule has 0 bridgehead atoms. The molecule has 1 N–H and O–H groups in total. The van der Waals surface area contributed by atoms with Crippen molar-refractivity contribution in [2.75, 3.05) is 13.7 Å². The van der Waals surface area contributed by atoms with E-state index >= 15 is 0 Å². The molecule has 3 aromatic rings. The van der Waals surface area contributed by atoms with Crippen LogP contribution in [-0.4, -0.2) is 23.2 Å². The van der Waals surface area contributed by atoms with Gasteiger partial charge >= 0.3 is 0 Å². The molecule has 124 valence electrons. The quantitative estimate of drug-likeness (QED) is 0.784. The highest BCUT2D eigenvalue weighted by atomic mass is 16.5. The lowest BCUT2D eigenvalue weighted by Crippen LogP contribution is -2.28. The van der Waals surface area contributed by atoms with Crippen molar-refractivity contribution in [1.82, 2.24) is 14.9 Å². The third-order valence-electron chi connectivity index (χ3n) is 4.03. The molecule has 1 aromatic heterocycles. The number of aromatic nitrogens is 2. The van der Waals surface area contributed by atoms with Crippen molar-refractivity contribution in [3.05, 3.63) is 64.7 Å². The predicted molar refractivity (Wildman–Crippen MR) is 96.0 cm³/mol. The molecule has 0 aliphatic carbocycles. The van der Waals surface area contributed by atoms with E-state index in [0.29, 0.717) is 23.3 Å². The van der Waals surface area contributed by atoms with Gasteiger partial charge in [0.2, 0.25) is 0 Å². The van der Waals surface area contributed by atoms with Crippen molar-refractivity contribution in [2.24, 2.45) is 0 Å². The van der Waals surface area contributed by atoms with Crippen LogP contribution in [-0.2, 0) is 0 Å². The zero-order chi connectivity index (χ0) is 17.1. The molecule has 0 radical (unpaired) electrons. The lowest BCUT2D eigenvalue weighted by molar-refractivity contribution is 0.340. The van der Waals surface area contributed by atoms with Crippen LogP contribution < -0.4 is 15.6 Å². The summed E-state index contributed by atoms with van der Waals surface area (Å²) in [5, 5.41) is 3.78. The summed E-state index contributed by atoms with van der Waals surface area (Å²) in [5.41, 5.74) is 1.42. The van der Waals surface area contributed by atoms with Crippen molar-refractivity contribution < 1.29 is 4.74 Å². The number of fused-ring (bicyclic) bond motifs is 1. The molecule has 3 rings (SSSR count). The Bertz CT molecular complexity index is 901. The molecular formula is C19H21N3O2. The Hall–Kier alpha value is -2.66. The highest BCUT2D eigenvalue weighted by Gasteiger charge is 2.16. The van der Waals surface area contributed by atoms with Crippen LogP contribution in [0.3, 0.4) is 0 Å². The molecule has 2 aromatic carbocycles. The van der Waals surface area contributed by atoms with Gasteiger partial charge in [0.05, 0.1) is 29.2 Å². The fourth-order valence-electron chi connectivity index (χ4n) is 2.68. The van der Waals surface area contributed by atoms with Crippen molar-refractivity contribution >= 4 is 10.9 Å². The molecule has 5 nitrogen and oxygen atoms in total. The van der Waals surface area contributed by atoms with Crippen LogP contribution >= 0.6 is 0 Å². The van der Waals surface area contributed by atoms with E-state index in [9.17, 15) is 4.79 Å². The summed E-state index contributed by atoms with van der Waals surface area (Å²) in [6.45, 7) is 4.54. The number of rotatable bonds is 5. The van der Waals surface area contributed by atoms with Crippen LogP contribution in [0.5, 0.6) is 5.75 Å². The maximum atomic E-state index is 13.0. The standard InChI is InChI=1S/C19H21N3O2/c1-4-24-15-11-9-14(10-12-15)22-18(13(2)20-3)21-17-8-6-5-7-16(17)19(22)23/h5-13,20H,4H2,1-3H3. The predicted octanol–water partition coefficient (Wildman–Crippen LogP) is 3.06. The first-order valence-electron chi connectivity index (χ1n) is 8.08. The minimum absolute atomic E-state index is 0.0612. The van der Waals surface area contributed by atoms with E-state index in [1.54, 1.807) is 4.57 Å². The van der Waals surface area contributed by atoms with Gasteiger partial charge in [0, 0.05) is 0 Å². The van der Waals surface area contributed by atoms with Gasteiger partial charge in [-0.15, -0.1) is 0 Å². The molecule has 1 heterocycles. The maximum Gasteiger partial charge on any atom is 0.266 e. The Morgan fingerprint density at radius 3 is 2.54 bits per heavy atom. The molecule has 1 unspecified atom stereocenters. The Kier molecular flexibility index (Phi) is 4.62. The summed E-state index contributed by atoms with van der Waals surface area (Å²) in [7, 11) is 1.86. The van der Waals surface area contributed by atoms with E-state index in [-0.39, 0.29) is 11.6 Å². The zero-order valence-corrected chi connectivity index (χ0v) is 14.1. The van der Waals surface area contributed by atoms with Crippen LogP contribution in [0, 0.1) is 0 Å². The minimum Gasteiger partial charge on any atom is -0.494 e. The van der Waals surface area contributed by atoms with E-state index in [2.05, 4.69) is 5.32 Å². The largest absolute Gasteiger partial charge is 0.494 e. The molecule has 0 aliphatic rings. The molecule has 0 saturated carbocycles. The van der Waals surface area contributed by atoms with Crippen molar-refractivity contribution in [1.29, 1.82) is 0 Å². The molecule has 0 amide bonds. The highest BCUT2D eigenvalue weighted by molar-refractivity contribution is 5.77. The van der Waals surface area contributed by atoms with E-state index in [1.165, 1.54) is 0 Å². The van der Waals surface area contributed by atoms with Gasteiger partial charge in [0.25, 0.3) is 5.56 Å². The van der Waals surface area contributed by atoms with Gasteiger partial charge in [-0.1, -0.05) is 12.1 Å². The van der Waals surface area contributed by atoms with Crippen LogP contribution in [0.15, 0.2) is 53.3 Å². The molecule has 0 saturated heterocycles. The Morgan fingerprint density at radius 1 is 1.17 bits per heavy atom. The molecule has 0 fully saturated rings. The number of hydrogen-bond donors (Lipinski definition) is 1. The first-order valence-corrected chi connectivity index (χ1v) is 8.08. The van der Waals surface area contributed by atoms with E-state index in [0.717, 1.165) is 11.4 Å². The summed E-state index contributed by atoms with van der Waals surface area (Å²) in [5.74, 6) is 1.47. The maximum absolute atomic E-state index is 13.0. The fraction of sp³-hybridized carbons (Fsp3) is 0.263. The van der Waals surface area contributed by atoms with E-state index < -0.39 is 0 Å². The Morgan fingerprint density at radius 2 is 1.88 bits per heavy atom. The second kappa shape index (κ2) is 6.84. The van der Waals surface area contributed by atoms with Crippen molar-refractivity contribution in [3.63, 3.8) is 0 Å². The van der Waals surface area contributed by atoms with Gasteiger partial charge in [-0.2, -0.15) is 0 Å². The number of benzene rings is 2. The lowest BCUT2D eigenvalue weighted by Gasteiger charge is -2.18. The summed E-state index contributed by atoms with van der Waals surface area (Å²) >= 11 is 0. The normalized spacial score (nSPS) is 12.3. The summed E-state index contributed by atoms with van der Waals surface area (Å²) in [6, 6.07) is 14.9. The third kappa shape index (κ3) is 2.90. The second-order valence-corrected chi connectivity index (χ2v) is 5.56. The number of ether oxygens (including phenoxy) is 1. The smallest absolute Gasteiger partial charge is 0.266 e. The SMILES string of the molecule is CCOc1ccc(-n2c(C(C)NC)nc3ccccc3c2=O)cc1. The number of hydrogen-bond acceptors (Lipinski definition) is 4.